The van der Waals surface area contributed by atoms with Crippen LogP contribution in [0.2, 0.25) is 0 Å². The Morgan fingerprint density at radius 2 is 1.55 bits per heavy atom. The second-order valence-corrected chi connectivity index (χ2v) is 7.19. The molecule has 0 saturated heterocycles. The molecule has 1 aromatic heterocycles. The van der Waals surface area contributed by atoms with Crippen LogP contribution in [0, 0.1) is 6.92 Å². The number of hydrogen-bond acceptors (Lipinski definition) is 6. The van der Waals surface area contributed by atoms with Crippen molar-refractivity contribution >= 4 is 17.8 Å². The molecule has 0 unspecified atom stereocenters. The molecule has 8 heteroatoms. The number of benzene rings is 2. The molecule has 0 radical (unpaired) electrons. The van der Waals surface area contributed by atoms with Crippen LogP contribution in [0.25, 0.3) is 0 Å². The van der Waals surface area contributed by atoms with Crippen LogP contribution in [0.1, 0.15) is 18.2 Å². The second-order valence-electron chi connectivity index (χ2n) is 6.59. The molecular weight excluding hydrogens is 418 g/mol. The molecule has 31 heavy (non-hydrogen) atoms. The van der Waals surface area contributed by atoms with Crippen LogP contribution in [0.15, 0.2) is 64.8 Å². The van der Waals surface area contributed by atoms with Gasteiger partial charge in [-0.15, -0.1) is 0 Å². The van der Waals surface area contributed by atoms with E-state index in [4.69, 9.17) is 30.6 Å². The maximum absolute atomic E-state index is 6.00. The number of aromatic nitrogens is 2. The lowest BCUT2D eigenvalue weighted by molar-refractivity contribution is 0.215. The molecule has 0 saturated carbocycles. The molecule has 0 atom stereocenters. The van der Waals surface area contributed by atoms with Gasteiger partial charge in [0.25, 0.3) is 0 Å². The van der Waals surface area contributed by atoms with Crippen LogP contribution in [-0.2, 0) is 11.9 Å². The average molecular weight is 442 g/mol. The molecule has 0 bridgehead atoms. The van der Waals surface area contributed by atoms with E-state index in [1.165, 1.54) is 7.11 Å². The Morgan fingerprint density at radius 3 is 2.10 bits per heavy atom. The predicted molar refractivity (Wildman–Crippen MR) is 121 cm³/mol. The third-order valence-corrected chi connectivity index (χ3v) is 4.37. The number of ether oxygens (including phenoxy) is 3. The Hall–Kier alpha value is -3.45. The van der Waals surface area contributed by atoms with E-state index in [2.05, 4.69) is 10.3 Å². The zero-order valence-electron chi connectivity index (χ0n) is 17.8. The van der Waals surface area contributed by atoms with Gasteiger partial charge < -0.3 is 19.0 Å². The molecule has 1 heterocycles. The summed E-state index contributed by atoms with van der Waals surface area (Å²) < 4.78 is 19.1. The first-order chi connectivity index (χ1) is 15.0. The first-order valence-corrected chi connectivity index (χ1v) is 9.95. The lowest BCUT2D eigenvalue weighted by atomic mass is 10.2. The molecule has 3 rings (SSSR count). The zero-order valence-corrected chi connectivity index (χ0v) is 18.6. The highest BCUT2D eigenvalue weighted by Gasteiger charge is 2.14. The fourth-order valence-corrected chi connectivity index (χ4v) is 2.77. The maximum atomic E-state index is 6.00. The molecule has 3 aromatic rings. The van der Waals surface area contributed by atoms with Crippen LogP contribution in [0.4, 0.5) is 0 Å². The Bertz CT molecular complexity index is 1050. The quantitative estimate of drug-likeness (QED) is 0.309. The standard InChI is InChI=1S/C23H24ClN3O4/c1-16(24)13-14-29-18-5-7-19(8-6-18)30-20-9-11-21(12-10-20)31-23-22(15-25-28-4)17(2)26-27(23)3/h5-13,15H,14H2,1-4H3/b16-13-,25-15-. The molecule has 0 N–H and O–H groups in total. The Morgan fingerprint density at radius 1 is 1.00 bits per heavy atom. The SMILES string of the molecule is CO/N=C\c1c(C)nn(C)c1Oc1ccc(Oc2ccc(OC/C=C(/C)Cl)cc2)cc1. The Labute approximate surface area is 186 Å². The van der Waals surface area contributed by atoms with Gasteiger partial charge in [-0.25, -0.2) is 4.68 Å². The zero-order chi connectivity index (χ0) is 22.2. The van der Waals surface area contributed by atoms with Gasteiger partial charge >= 0.3 is 0 Å². The van der Waals surface area contributed by atoms with Gasteiger partial charge in [-0.1, -0.05) is 16.8 Å². The van der Waals surface area contributed by atoms with E-state index >= 15 is 0 Å². The van der Waals surface area contributed by atoms with Gasteiger partial charge in [-0.2, -0.15) is 5.10 Å². The highest BCUT2D eigenvalue weighted by atomic mass is 35.5. The summed E-state index contributed by atoms with van der Waals surface area (Å²) in [6.07, 6.45) is 3.38. The molecular formula is C23H24ClN3O4. The molecule has 0 aliphatic carbocycles. The maximum Gasteiger partial charge on any atom is 0.226 e. The van der Waals surface area contributed by atoms with Gasteiger partial charge in [0.1, 0.15) is 36.7 Å². The molecule has 0 amide bonds. The van der Waals surface area contributed by atoms with Crippen molar-refractivity contribution in [3.63, 3.8) is 0 Å². The molecule has 0 aliphatic heterocycles. The highest BCUT2D eigenvalue weighted by molar-refractivity contribution is 6.29. The largest absolute Gasteiger partial charge is 0.489 e. The smallest absolute Gasteiger partial charge is 0.226 e. The van der Waals surface area contributed by atoms with Crippen molar-refractivity contribution in [3.8, 4) is 28.9 Å². The van der Waals surface area contributed by atoms with Crippen LogP contribution >= 0.6 is 11.6 Å². The Kier molecular flexibility index (Phi) is 7.56. The van der Waals surface area contributed by atoms with Crippen LogP contribution in [0.5, 0.6) is 28.9 Å². The number of hydrogen-bond donors (Lipinski definition) is 0. The van der Waals surface area contributed by atoms with Crippen molar-refractivity contribution in [3.05, 3.63) is 70.9 Å². The predicted octanol–water partition coefficient (Wildman–Crippen LogP) is 5.81. The average Bonchev–Trinajstić information content (AvgIpc) is 3.01. The number of oxime groups is 1. The van der Waals surface area contributed by atoms with Crippen LogP contribution in [0.3, 0.4) is 0 Å². The molecule has 0 spiro atoms. The number of aryl methyl sites for hydroxylation is 2. The van der Waals surface area contributed by atoms with E-state index in [0.717, 1.165) is 17.0 Å². The number of halogens is 1. The summed E-state index contributed by atoms with van der Waals surface area (Å²) in [7, 11) is 3.30. The van der Waals surface area contributed by atoms with Crippen molar-refractivity contribution in [1.29, 1.82) is 0 Å². The van der Waals surface area contributed by atoms with Gasteiger partial charge in [-0.3, -0.25) is 0 Å². The lowest BCUT2D eigenvalue weighted by Crippen LogP contribution is -1.97. The van der Waals surface area contributed by atoms with E-state index in [0.29, 0.717) is 34.8 Å². The fraction of sp³-hybridized carbons (Fsp3) is 0.217. The minimum Gasteiger partial charge on any atom is -0.489 e. The minimum atomic E-state index is 0.423. The Balaban J connectivity index is 1.64. The lowest BCUT2D eigenvalue weighted by Gasteiger charge is -2.10. The van der Waals surface area contributed by atoms with Gasteiger partial charge in [-0.05, 0) is 68.5 Å². The van der Waals surface area contributed by atoms with Crippen LogP contribution in [-0.4, -0.2) is 29.7 Å². The molecule has 0 fully saturated rings. The molecule has 7 nitrogen and oxygen atoms in total. The molecule has 2 aromatic carbocycles. The van der Waals surface area contributed by atoms with E-state index in [1.54, 1.807) is 17.0 Å². The summed E-state index contributed by atoms with van der Waals surface area (Å²) in [5.41, 5.74) is 1.54. The van der Waals surface area contributed by atoms with Crippen molar-refractivity contribution in [2.24, 2.45) is 12.2 Å². The first-order valence-electron chi connectivity index (χ1n) is 9.57. The van der Waals surface area contributed by atoms with E-state index in [1.807, 2.05) is 69.4 Å². The first kappa shape index (κ1) is 22.2. The van der Waals surface area contributed by atoms with Crippen molar-refractivity contribution in [1.82, 2.24) is 9.78 Å². The van der Waals surface area contributed by atoms with E-state index < -0.39 is 0 Å². The van der Waals surface area contributed by atoms with Gasteiger partial charge in [0.15, 0.2) is 0 Å². The number of allylic oxidation sites excluding steroid dienone is 1. The van der Waals surface area contributed by atoms with E-state index in [-0.39, 0.29) is 0 Å². The summed E-state index contributed by atoms with van der Waals surface area (Å²) in [5, 5.41) is 8.88. The summed E-state index contributed by atoms with van der Waals surface area (Å²) >= 11 is 5.79. The topological polar surface area (TPSA) is 67.1 Å². The second kappa shape index (κ2) is 10.5. The third kappa shape index (κ3) is 6.26. The summed E-state index contributed by atoms with van der Waals surface area (Å²) in [4.78, 5) is 4.77. The summed E-state index contributed by atoms with van der Waals surface area (Å²) in [5.74, 6) is 3.34. The van der Waals surface area contributed by atoms with E-state index in [9.17, 15) is 0 Å². The monoisotopic (exact) mass is 441 g/mol. The highest BCUT2D eigenvalue weighted by Crippen LogP contribution is 2.29. The van der Waals surface area contributed by atoms with Gasteiger partial charge in [0.05, 0.1) is 17.5 Å². The molecule has 162 valence electrons. The minimum absolute atomic E-state index is 0.423. The van der Waals surface area contributed by atoms with Crippen LogP contribution < -0.4 is 14.2 Å². The normalized spacial score (nSPS) is 11.6. The van der Waals surface area contributed by atoms with Gasteiger partial charge in [0, 0.05) is 12.1 Å². The van der Waals surface area contributed by atoms with Crippen molar-refractivity contribution in [2.75, 3.05) is 13.7 Å². The number of rotatable bonds is 9. The fourth-order valence-electron chi connectivity index (χ4n) is 2.71. The molecule has 0 aliphatic rings. The summed E-state index contributed by atoms with van der Waals surface area (Å²) in [6, 6.07) is 14.7. The van der Waals surface area contributed by atoms with Crippen molar-refractivity contribution in [2.45, 2.75) is 13.8 Å². The van der Waals surface area contributed by atoms with Gasteiger partial charge in [0.2, 0.25) is 5.88 Å². The third-order valence-electron chi connectivity index (χ3n) is 4.21. The van der Waals surface area contributed by atoms with Crippen molar-refractivity contribution < 1.29 is 19.0 Å². The number of nitrogens with zero attached hydrogens (tertiary/aromatic N) is 3. The summed E-state index contributed by atoms with van der Waals surface area (Å²) in [6.45, 7) is 4.11.